The Balaban J connectivity index is 1.33. The van der Waals surface area contributed by atoms with Crippen LogP contribution in [0.25, 0.3) is 0 Å². The van der Waals surface area contributed by atoms with Gasteiger partial charge in [0.2, 0.25) is 0 Å². The molecule has 3 aromatic rings. The quantitative estimate of drug-likeness (QED) is 0.0802. The Hall–Kier alpha value is -4.42. The van der Waals surface area contributed by atoms with E-state index >= 15 is 0 Å². The second kappa shape index (κ2) is 17.0. The number of piperazine rings is 1. The first-order valence-electron chi connectivity index (χ1n) is 15.9. The van der Waals surface area contributed by atoms with Crippen LogP contribution < -0.4 is 26.0 Å². The van der Waals surface area contributed by atoms with Crippen molar-refractivity contribution in [2.75, 3.05) is 54.8 Å². The number of carbonyl (C=O) groups is 3. The van der Waals surface area contributed by atoms with Gasteiger partial charge in [0, 0.05) is 43.8 Å². The molecule has 1 atom stereocenters. The van der Waals surface area contributed by atoms with E-state index in [2.05, 4.69) is 25.2 Å². The highest BCUT2D eigenvalue weighted by Gasteiger charge is 2.28. The summed E-state index contributed by atoms with van der Waals surface area (Å²) in [5.74, 6) is -0.824. The predicted molar refractivity (Wildman–Crippen MR) is 196 cm³/mol. The highest BCUT2D eigenvalue weighted by atomic mass is 32.2. The number of carbonyl (C=O) groups excluding carboxylic acids is 3. The summed E-state index contributed by atoms with van der Waals surface area (Å²) in [5, 5.41) is 10.2. The van der Waals surface area contributed by atoms with Crippen LogP contribution >= 0.6 is 22.7 Å². The zero-order valence-electron chi connectivity index (χ0n) is 28.7. The van der Waals surface area contributed by atoms with Crippen LogP contribution in [-0.2, 0) is 30.8 Å². The number of nitrogens with one attached hydrogen (secondary N) is 3. The molecule has 1 aliphatic rings. The molecule has 15 nitrogen and oxygen atoms in total. The molecule has 0 unspecified atom stereocenters. The van der Waals surface area contributed by atoms with Crippen LogP contribution in [0.1, 0.15) is 55.9 Å². The second-order valence-corrected chi connectivity index (χ2v) is 15.9. The van der Waals surface area contributed by atoms with Crippen LogP contribution in [0.15, 0.2) is 51.0 Å². The highest BCUT2D eigenvalue weighted by Crippen LogP contribution is 2.27. The molecule has 1 fully saturated rings. The van der Waals surface area contributed by atoms with Gasteiger partial charge in [-0.3, -0.25) is 14.5 Å². The molecule has 1 saturated heterocycles. The van der Waals surface area contributed by atoms with E-state index in [1.54, 1.807) is 29.3 Å². The third-order valence-electron chi connectivity index (χ3n) is 7.28. The number of thiazole rings is 1. The van der Waals surface area contributed by atoms with Gasteiger partial charge in [0.1, 0.15) is 16.5 Å². The van der Waals surface area contributed by atoms with Crippen molar-refractivity contribution in [3.8, 4) is 0 Å². The minimum atomic E-state index is -4.09. The minimum absolute atomic E-state index is 0.00919. The van der Waals surface area contributed by atoms with Gasteiger partial charge in [-0.1, -0.05) is 6.07 Å². The van der Waals surface area contributed by atoms with Crippen molar-refractivity contribution in [3.05, 3.63) is 51.7 Å². The number of aliphatic imine (C=N–C) groups is 1. The summed E-state index contributed by atoms with van der Waals surface area (Å²) >= 11 is 2.54. The van der Waals surface area contributed by atoms with Crippen LogP contribution in [0.4, 0.5) is 21.3 Å². The molecule has 0 bridgehead atoms. The number of nitrogens with zero attached hydrogens (tertiary/aromatic N) is 4. The summed E-state index contributed by atoms with van der Waals surface area (Å²) < 4.78 is 39.6. The fourth-order valence-corrected chi connectivity index (χ4v) is 7.64. The van der Waals surface area contributed by atoms with Gasteiger partial charge in [0.05, 0.1) is 35.8 Å². The summed E-state index contributed by atoms with van der Waals surface area (Å²) in [6.07, 6.45) is 0.417. The summed E-state index contributed by atoms with van der Waals surface area (Å²) in [4.78, 5) is 50.6. The number of methoxy groups -OCH3 is 1. The number of anilines is 3. The Labute approximate surface area is 300 Å². The lowest BCUT2D eigenvalue weighted by Gasteiger charge is -2.35. The van der Waals surface area contributed by atoms with Crippen LogP contribution in [0.2, 0.25) is 0 Å². The second-order valence-electron chi connectivity index (χ2n) is 12.4. The number of benzene rings is 1. The zero-order valence-corrected chi connectivity index (χ0v) is 31.2. The van der Waals surface area contributed by atoms with Crippen molar-refractivity contribution in [1.82, 2.24) is 15.2 Å². The Kier molecular flexibility index (Phi) is 13.0. The van der Waals surface area contributed by atoms with Gasteiger partial charge >= 0.3 is 12.1 Å². The molecule has 0 saturated carbocycles. The fraction of sp³-hybridized carbons (Fsp3) is 0.469. The lowest BCUT2D eigenvalue weighted by atomic mass is 10.1. The smallest absolute Gasteiger partial charge is 0.410 e. The number of amides is 2. The van der Waals surface area contributed by atoms with E-state index in [1.165, 1.54) is 36.6 Å². The number of esters is 1. The molecule has 5 N–H and O–H groups in total. The molecular weight excluding hydrogens is 705 g/mol. The standard InChI is InChI=1S/C32H44N8O7S3/c1-21(33)34-12-7-10-26(29(42)46-5)37-28(41)27-25(11-17-48-27)38-50(44,45)24-9-6-8-22(18-24)35-19-23-20-49-30(36-23)39-13-15-40(16-14-39)31(43)47-32(2,3)4/h6,8-9,11,17-18,20,26,35,38H,7,10,12-16,19H2,1-5H3,(H2,33,34)(H,37,41)/t26-/m0/s1. The maximum atomic E-state index is 13.4. The molecule has 1 aromatic carbocycles. The normalized spacial score (nSPS) is 14.5. The number of ether oxygens (including phenoxy) is 2. The fourth-order valence-electron chi connectivity index (χ4n) is 4.83. The Morgan fingerprint density at radius 1 is 1.12 bits per heavy atom. The molecule has 1 aliphatic heterocycles. The number of sulfonamides is 1. The summed E-state index contributed by atoms with van der Waals surface area (Å²) in [5.41, 5.74) is 6.44. The predicted octanol–water partition coefficient (Wildman–Crippen LogP) is 4.10. The molecule has 50 heavy (non-hydrogen) atoms. The van der Waals surface area contributed by atoms with Crippen molar-refractivity contribution in [2.24, 2.45) is 10.7 Å². The van der Waals surface area contributed by atoms with E-state index in [4.69, 9.17) is 20.2 Å². The van der Waals surface area contributed by atoms with Gasteiger partial charge in [0.25, 0.3) is 15.9 Å². The molecule has 272 valence electrons. The Bertz CT molecular complexity index is 1770. The van der Waals surface area contributed by atoms with Crippen molar-refractivity contribution in [3.63, 3.8) is 0 Å². The molecule has 2 aromatic heterocycles. The van der Waals surface area contributed by atoms with Crippen molar-refractivity contribution >= 4 is 73.0 Å². The number of nitrogens with two attached hydrogens (primary N) is 1. The largest absolute Gasteiger partial charge is 0.467 e. The van der Waals surface area contributed by atoms with Crippen LogP contribution in [0.3, 0.4) is 0 Å². The molecule has 4 rings (SSSR count). The number of hydrogen-bond donors (Lipinski definition) is 4. The molecule has 2 amide bonds. The highest BCUT2D eigenvalue weighted by molar-refractivity contribution is 7.92. The first-order chi connectivity index (χ1) is 23.6. The molecule has 0 spiro atoms. The van der Waals surface area contributed by atoms with Gasteiger partial charge in [-0.15, -0.1) is 22.7 Å². The SMILES string of the molecule is COC(=O)[C@H](CCCN=C(C)N)NC(=O)c1sccc1NS(=O)(=O)c1cccc(NCc2csc(N3CCN(C(=O)OC(C)(C)C)CC3)n2)c1. The molecule has 18 heteroatoms. The molecule has 3 heterocycles. The number of rotatable bonds is 14. The molecular formula is C32H44N8O7S3. The third-order valence-corrected chi connectivity index (χ3v) is 10.5. The first-order valence-corrected chi connectivity index (χ1v) is 19.2. The van der Waals surface area contributed by atoms with Gasteiger partial charge in [-0.25, -0.2) is 23.0 Å². The average Bonchev–Trinajstić information content (AvgIpc) is 3.74. The average molecular weight is 749 g/mol. The topological polar surface area (TPSA) is 198 Å². The van der Waals surface area contributed by atoms with Crippen molar-refractivity contribution in [2.45, 2.75) is 63.6 Å². The number of amidine groups is 1. The van der Waals surface area contributed by atoms with Crippen molar-refractivity contribution in [1.29, 1.82) is 0 Å². The number of thiophene rings is 1. The van der Waals surface area contributed by atoms with E-state index < -0.39 is 33.5 Å². The van der Waals surface area contributed by atoms with Crippen LogP contribution in [-0.4, -0.2) is 93.6 Å². The Morgan fingerprint density at radius 3 is 2.54 bits per heavy atom. The minimum Gasteiger partial charge on any atom is -0.467 e. The van der Waals surface area contributed by atoms with Crippen LogP contribution in [0, 0.1) is 0 Å². The first kappa shape index (κ1) is 38.4. The maximum Gasteiger partial charge on any atom is 0.410 e. The van der Waals surface area contributed by atoms with Gasteiger partial charge < -0.3 is 35.6 Å². The number of hydrogen-bond acceptors (Lipinski definition) is 13. The van der Waals surface area contributed by atoms with Crippen molar-refractivity contribution < 1.29 is 32.3 Å². The van der Waals surface area contributed by atoms with Gasteiger partial charge in [-0.05, 0) is 70.2 Å². The lowest BCUT2D eigenvalue weighted by Crippen LogP contribution is -2.50. The number of aromatic nitrogens is 1. The van der Waals surface area contributed by atoms with E-state index in [-0.39, 0.29) is 28.0 Å². The van der Waals surface area contributed by atoms with Crippen LogP contribution in [0.5, 0.6) is 0 Å². The summed E-state index contributed by atoms with van der Waals surface area (Å²) in [6, 6.07) is 6.86. The van der Waals surface area contributed by atoms with E-state index in [1.807, 2.05) is 26.2 Å². The summed E-state index contributed by atoms with van der Waals surface area (Å²) in [7, 11) is -2.86. The van der Waals surface area contributed by atoms with E-state index in [0.29, 0.717) is 57.2 Å². The van der Waals surface area contributed by atoms with E-state index in [0.717, 1.165) is 22.2 Å². The zero-order chi connectivity index (χ0) is 36.5. The maximum absolute atomic E-state index is 13.4. The molecule has 0 radical (unpaired) electrons. The van der Waals surface area contributed by atoms with E-state index in [9.17, 15) is 22.8 Å². The summed E-state index contributed by atoms with van der Waals surface area (Å²) in [6.45, 7) is 10.3. The third kappa shape index (κ3) is 11.0. The monoisotopic (exact) mass is 748 g/mol. The lowest BCUT2D eigenvalue weighted by molar-refractivity contribution is -0.143. The molecule has 0 aliphatic carbocycles. The van der Waals surface area contributed by atoms with Gasteiger partial charge in [0.15, 0.2) is 5.13 Å². The Morgan fingerprint density at radius 2 is 1.86 bits per heavy atom. The van der Waals surface area contributed by atoms with Gasteiger partial charge in [-0.2, -0.15) is 0 Å².